The van der Waals surface area contributed by atoms with Gasteiger partial charge in [0.2, 0.25) is 5.91 Å². The second-order valence-electron chi connectivity index (χ2n) is 6.47. The maximum absolute atomic E-state index is 11.5. The van der Waals surface area contributed by atoms with Crippen LogP contribution in [0.2, 0.25) is 0 Å². The number of hydrogen-bond donors (Lipinski definition) is 2. The Kier molecular flexibility index (Phi) is 5.41. The van der Waals surface area contributed by atoms with E-state index < -0.39 is 0 Å². The second-order valence-corrected chi connectivity index (χ2v) is 6.47. The minimum atomic E-state index is -0.211. The lowest BCUT2D eigenvalue weighted by molar-refractivity contribution is -0.124. The van der Waals surface area contributed by atoms with Crippen LogP contribution in [0.4, 0.5) is 0 Å². The Morgan fingerprint density at radius 2 is 1.95 bits per heavy atom. The number of nitrogens with two attached hydrogens (primary N) is 1. The van der Waals surface area contributed by atoms with Crippen molar-refractivity contribution < 1.29 is 9.90 Å². The number of carbonyl (C=O) groups is 1. The molecule has 5 nitrogen and oxygen atoms in total. The molecule has 1 radical (unpaired) electrons. The van der Waals surface area contributed by atoms with Gasteiger partial charge in [0.15, 0.2) is 0 Å². The fraction of sp³-hybridized carbons (Fsp3) is 0.867. The highest BCUT2D eigenvalue weighted by Crippen LogP contribution is 2.22. The third kappa shape index (κ3) is 3.71. The lowest BCUT2D eigenvalue weighted by Crippen LogP contribution is -2.53. The summed E-state index contributed by atoms with van der Waals surface area (Å²) in [5.41, 5.74) is 5.48. The van der Waals surface area contributed by atoms with E-state index in [-0.39, 0.29) is 18.1 Å². The topological polar surface area (TPSA) is 69.8 Å². The van der Waals surface area contributed by atoms with Gasteiger partial charge in [-0.1, -0.05) is 13.8 Å². The molecule has 5 heteroatoms. The van der Waals surface area contributed by atoms with Gasteiger partial charge in [-0.15, -0.1) is 0 Å². The van der Waals surface area contributed by atoms with Gasteiger partial charge in [0, 0.05) is 26.2 Å². The van der Waals surface area contributed by atoms with E-state index in [1.54, 1.807) is 0 Å². The van der Waals surface area contributed by atoms with E-state index in [2.05, 4.69) is 30.1 Å². The normalized spacial score (nSPS) is 37.0. The Hall–Kier alpha value is -0.650. The molecule has 2 aliphatic rings. The number of aliphatic hydroxyl groups is 1. The molecule has 4 atom stereocenters. The molecule has 2 aliphatic heterocycles. The second kappa shape index (κ2) is 6.87. The monoisotopic (exact) mass is 282 g/mol. The first-order chi connectivity index (χ1) is 9.49. The zero-order valence-electron chi connectivity index (χ0n) is 12.7. The first-order valence-corrected chi connectivity index (χ1v) is 7.74. The zero-order valence-corrected chi connectivity index (χ0v) is 12.7. The first-order valence-electron chi connectivity index (χ1n) is 7.74. The van der Waals surface area contributed by atoms with Gasteiger partial charge < -0.3 is 15.7 Å². The Balaban J connectivity index is 1.83. The molecule has 0 spiro atoms. The van der Waals surface area contributed by atoms with Crippen molar-refractivity contribution in [2.45, 2.75) is 38.8 Å². The third-order valence-electron chi connectivity index (χ3n) is 4.74. The van der Waals surface area contributed by atoms with Crippen molar-refractivity contribution in [3.63, 3.8) is 0 Å². The highest BCUT2D eigenvalue weighted by Gasteiger charge is 2.31. The summed E-state index contributed by atoms with van der Waals surface area (Å²) in [5.74, 6) is 0.428. The summed E-state index contributed by atoms with van der Waals surface area (Å²) in [6, 6.07) is -0.131. The van der Waals surface area contributed by atoms with Crippen LogP contribution in [0.15, 0.2) is 0 Å². The van der Waals surface area contributed by atoms with Gasteiger partial charge in [0.1, 0.15) is 0 Å². The summed E-state index contributed by atoms with van der Waals surface area (Å²) < 4.78 is 0. The predicted octanol–water partition coefficient (Wildman–Crippen LogP) is 0.0891. The molecule has 2 saturated heterocycles. The van der Waals surface area contributed by atoms with E-state index in [0.29, 0.717) is 11.8 Å². The number of nitrogens with zero attached hydrogens (tertiary/aromatic N) is 2. The van der Waals surface area contributed by atoms with Crippen molar-refractivity contribution in [1.82, 2.24) is 9.80 Å². The number of carbonyl (C=O) groups excluding carboxylic acids is 1. The quantitative estimate of drug-likeness (QED) is 0.767. The van der Waals surface area contributed by atoms with Gasteiger partial charge in [-0.05, 0) is 37.6 Å². The highest BCUT2D eigenvalue weighted by atomic mass is 16.3. The molecule has 115 valence electrons. The highest BCUT2D eigenvalue weighted by molar-refractivity contribution is 5.80. The van der Waals surface area contributed by atoms with Gasteiger partial charge in [-0.2, -0.15) is 0 Å². The molecule has 2 heterocycles. The van der Waals surface area contributed by atoms with Crippen molar-refractivity contribution in [2.24, 2.45) is 17.6 Å². The van der Waals surface area contributed by atoms with Crippen LogP contribution < -0.4 is 5.73 Å². The van der Waals surface area contributed by atoms with Gasteiger partial charge in [0.05, 0.1) is 12.1 Å². The van der Waals surface area contributed by atoms with Crippen LogP contribution in [0.1, 0.15) is 26.7 Å². The number of hydrogen-bond acceptors (Lipinski definition) is 4. The number of likely N-dealkylation sites (tertiary alicyclic amines) is 2. The molecule has 0 aliphatic carbocycles. The van der Waals surface area contributed by atoms with Crippen LogP contribution in [0.25, 0.3) is 0 Å². The molecule has 3 N–H and O–H groups in total. The standard InChI is InChI=1S/C15H28N3O2/c1-11-9-17(10-12(2)14(11)19)7-8-18-6-4-3-5-13(18)15(16)20/h3,11-14,19H,4-10H2,1-2H3,(H2,16,20)/t11-,12+,13?,14+. The minimum Gasteiger partial charge on any atom is -0.392 e. The molecular formula is C15H28N3O2. The average molecular weight is 282 g/mol. The van der Waals surface area contributed by atoms with Gasteiger partial charge >= 0.3 is 0 Å². The van der Waals surface area contributed by atoms with Crippen LogP contribution >= 0.6 is 0 Å². The van der Waals surface area contributed by atoms with Crippen molar-refractivity contribution in [3.8, 4) is 0 Å². The lowest BCUT2D eigenvalue weighted by Gasteiger charge is -2.41. The van der Waals surface area contributed by atoms with Crippen LogP contribution in [0.3, 0.4) is 0 Å². The van der Waals surface area contributed by atoms with Gasteiger partial charge in [-0.3, -0.25) is 9.69 Å². The first kappa shape index (κ1) is 15.7. The summed E-state index contributed by atoms with van der Waals surface area (Å²) in [7, 11) is 0. The summed E-state index contributed by atoms with van der Waals surface area (Å²) in [4.78, 5) is 16.1. The fourth-order valence-electron chi connectivity index (χ4n) is 3.52. The van der Waals surface area contributed by atoms with Crippen LogP contribution in [-0.4, -0.2) is 65.7 Å². The Labute approximate surface area is 122 Å². The Morgan fingerprint density at radius 3 is 2.55 bits per heavy atom. The molecule has 1 unspecified atom stereocenters. The van der Waals surface area contributed by atoms with E-state index in [1.807, 2.05) is 0 Å². The summed E-state index contributed by atoms with van der Waals surface area (Å²) in [5, 5.41) is 9.99. The Morgan fingerprint density at radius 1 is 1.30 bits per heavy atom. The van der Waals surface area contributed by atoms with Crippen LogP contribution in [0, 0.1) is 18.3 Å². The number of aliphatic hydroxyl groups excluding tert-OH is 1. The molecule has 2 rings (SSSR count). The van der Waals surface area contributed by atoms with E-state index in [1.165, 1.54) is 0 Å². The zero-order chi connectivity index (χ0) is 14.7. The predicted molar refractivity (Wildman–Crippen MR) is 78.9 cm³/mol. The fourth-order valence-corrected chi connectivity index (χ4v) is 3.52. The average Bonchev–Trinajstić information content (AvgIpc) is 2.42. The maximum atomic E-state index is 11.5. The van der Waals surface area contributed by atoms with Crippen molar-refractivity contribution >= 4 is 5.91 Å². The van der Waals surface area contributed by atoms with Crippen molar-refractivity contribution in [3.05, 3.63) is 6.42 Å². The Bertz CT molecular complexity index is 325. The van der Waals surface area contributed by atoms with Crippen molar-refractivity contribution in [2.75, 3.05) is 32.7 Å². The smallest absolute Gasteiger partial charge is 0.234 e. The van der Waals surface area contributed by atoms with Gasteiger partial charge in [-0.25, -0.2) is 0 Å². The van der Waals surface area contributed by atoms with Crippen molar-refractivity contribution in [1.29, 1.82) is 0 Å². The molecule has 0 saturated carbocycles. The largest absolute Gasteiger partial charge is 0.392 e. The lowest BCUT2D eigenvalue weighted by atomic mass is 9.88. The summed E-state index contributed by atoms with van der Waals surface area (Å²) >= 11 is 0. The van der Waals surface area contributed by atoms with Crippen LogP contribution in [-0.2, 0) is 4.79 Å². The number of amides is 1. The minimum absolute atomic E-state index is 0.131. The van der Waals surface area contributed by atoms with Gasteiger partial charge in [0.25, 0.3) is 0 Å². The maximum Gasteiger partial charge on any atom is 0.234 e. The van der Waals surface area contributed by atoms with Crippen LogP contribution in [0.5, 0.6) is 0 Å². The molecule has 0 aromatic rings. The molecule has 2 fully saturated rings. The number of piperidine rings is 2. The van der Waals surface area contributed by atoms with E-state index in [0.717, 1.165) is 45.6 Å². The third-order valence-corrected chi connectivity index (χ3v) is 4.74. The molecular weight excluding hydrogens is 254 g/mol. The van der Waals surface area contributed by atoms with E-state index in [4.69, 9.17) is 5.73 Å². The van der Waals surface area contributed by atoms with E-state index in [9.17, 15) is 9.90 Å². The summed E-state index contributed by atoms with van der Waals surface area (Å²) in [6.45, 7) is 8.85. The number of rotatable bonds is 4. The number of primary amides is 1. The molecule has 20 heavy (non-hydrogen) atoms. The molecule has 1 amide bonds. The van der Waals surface area contributed by atoms with E-state index >= 15 is 0 Å². The molecule has 0 aromatic carbocycles. The molecule has 0 aromatic heterocycles. The molecule has 0 bridgehead atoms. The SMILES string of the molecule is C[C@@H]1CN(CCN2CC[CH]CC2C(N)=O)C[C@H](C)[C@H]1O. The summed E-state index contributed by atoms with van der Waals surface area (Å²) in [6.07, 6.45) is 3.79.